The summed E-state index contributed by atoms with van der Waals surface area (Å²) in [4.78, 5) is 16.7. The Hall–Kier alpha value is -2.79. The van der Waals surface area contributed by atoms with Crippen LogP contribution in [-0.2, 0) is 13.0 Å². The molecule has 0 unspecified atom stereocenters. The molecule has 0 aliphatic carbocycles. The Labute approximate surface area is 158 Å². The third kappa shape index (κ3) is 3.83. The highest BCUT2D eigenvalue weighted by molar-refractivity contribution is 5.80. The Morgan fingerprint density at radius 1 is 1.00 bits per heavy atom. The van der Waals surface area contributed by atoms with Crippen LogP contribution in [0, 0.1) is 0 Å². The van der Waals surface area contributed by atoms with E-state index >= 15 is 0 Å². The minimum Gasteiger partial charge on any atom is -0.508 e. The third-order valence-corrected chi connectivity index (χ3v) is 5.28. The molecule has 0 bridgehead atoms. The molecule has 1 aliphatic rings. The molecule has 5 heteroatoms. The van der Waals surface area contributed by atoms with Crippen LogP contribution in [0.4, 0.5) is 5.69 Å². The first kappa shape index (κ1) is 17.6. The predicted molar refractivity (Wildman–Crippen MR) is 107 cm³/mol. The quantitative estimate of drug-likeness (QED) is 0.719. The number of hydrogen-bond donors (Lipinski definition) is 1. The average molecular weight is 364 g/mol. The van der Waals surface area contributed by atoms with E-state index in [-0.39, 0.29) is 5.63 Å². The van der Waals surface area contributed by atoms with E-state index in [2.05, 4.69) is 28.9 Å². The molecule has 1 fully saturated rings. The van der Waals surface area contributed by atoms with Gasteiger partial charge in [-0.25, -0.2) is 4.79 Å². The summed E-state index contributed by atoms with van der Waals surface area (Å²) in [7, 11) is 0. The Balaban J connectivity index is 1.49. The molecule has 0 radical (unpaired) electrons. The molecule has 1 saturated heterocycles. The van der Waals surface area contributed by atoms with E-state index < -0.39 is 0 Å². The average Bonchev–Trinajstić information content (AvgIpc) is 2.68. The third-order valence-electron chi connectivity index (χ3n) is 5.28. The summed E-state index contributed by atoms with van der Waals surface area (Å²) < 4.78 is 5.42. The van der Waals surface area contributed by atoms with Gasteiger partial charge in [0.2, 0.25) is 0 Å². The maximum Gasteiger partial charge on any atom is 0.336 e. The van der Waals surface area contributed by atoms with Crippen molar-refractivity contribution in [2.24, 2.45) is 0 Å². The van der Waals surface area contributed by atoms with Gasteiger partial charge >= 0.3 is 5.63 Å². The van der Waals surface area contributed by atoms with E-state index in [9.17, 15) is 9.90 Å². The van der Waals surface area contributed by atoms with Crippen molar-refractivity contribution in [2.45, 2.75) is 19.9 Å². The van der Waals surface area contributed by atoms with Crippen molar-refractivity contribution in [2.75, 3.05) is 31.1 Å². The van der Waals surface area contributed by atoms with E-state index in [1.165, 1.54) is 5.56 Å². The van der Waals surface area contributed by atoms with E-state index in [4.69, 9.17) is 4.42 Å². The van der Waals surface area contributed by atoms with Crippen molar-refractivity contribution in [1.29, 1.82) is 0 Å². The van der Waals surface area contributed by atoms with Gasteiger partial charge in [0.15, 0.2) is 0 Å². The molecule has 5 nitrogen and oxygen atoms in total. The van der Waals surface area contributed by atoms with Gasteiger partial charge in [-0.05, 0) is 47.9 Å². The zero-order valence-electron chi connectivity index (χ0n) is 15.5. The predicted octanol–water partition coefficient (Wildman–Crippen LogP) is 3.38. The molecule has 1 aromatic heterocycles. The number of aromatic hydroxyl groups is 1. The lowest BCUT2D eigenvalue weighted by Gasteiger charge is -2.36. The summed E-state index contributed by atoms with van der Waals surface area (Å²) in [6.07, 6.45) is 0.920. The van der Waals surface area contributed by atoms with Gasteiger partial charge < -0.3 is 14.4 Å². The Kier molecular flexibility index (Phi) is 4.86. The summed E-state index contributed by atoms with van der Waals surface area (Å²) in [6, 6.07) is 15.1. The van der Waals surface area contributed by atoms with Gasteiger partial charge in [-0.1, -0.05) is 19.1 Å². The topological polar surface area (TPSA) is 56.9 Å². The Morgan fingerprint density at radius 3 is 2.44 bits per heavy atom. The maximum atomic E-state index is 12.0. The summed E-state index contributed by atoms with van der Waals surface area (Å²) in [6.45, 7) is 6.53. The van der Waals surface area contributed by atoms with Crippen molar-refractivity contribution in [3.63, 3.8) is 0 Å². The van der Waals surface area contributed by atoms with Crippen LogP contribution < -0.4 is 10.5 Å². The Morgan fingerprint density at radius 2 is 1.74 bits per heavy atom. The lowest BCUT2D eigenvalue weighted by Crippen LogP contribution is -2.46. The van der Waals surface area contributed by atoms with Crippen LogP contribution in [0.1, 0.15) is 18.1 Å². The normalized spacial score (nSPS) is 15.4. The number of rotatable bonds is 4. The number of phenolic OH excluding ortho intramolecular Hbond substituents is 1. The first-order valence-corrected chi connectivity index (χ1v) is 9.44. The number of fused-ring (bicyclic) bond motifs is 1. The molecule has 1 aliphatic heterocycles. The van der Waals surface area contributed by atoms with Crippen LogP contribution >= 0.6 is 0 Å². The van der Waals surface area contributed by atoms with E-state index in [1.807, 2.05) is 18.2 Å². The monoisotopic (exact) mass is 364 g/mol. The second kappa shape index (κ2) is 7.45. The number of anilines is 1. The second-order valence-electron chi connectivity index (χ2n) is 7.05. The van der Waals surface area contributed by atoms with Gasteiger partial charge in [0.25, 0.3) is 0 Å². The molecular formula is C22H24N2O3. The van der Waals surface area contributed by atoms with Gasteiger partial charge in [-0.2, -0.15) is 0 Å². The largest absolute Gasteiger partial charge is 0.508 e. The molecule has 2 aromatic carbocycles. The highest BCUT2D eigenvalue weighted by atomic mass is 16.4. The molecule has 4 rings (SSSR count). The van der Waals surface area contributed by atoms with Crippen LogP contribution in [0.15, 0.2) is 57.7 Å². The smallest absolute Gasteiger partial charge is 0.336 e. The van der Waals surface area contributed by atoms with Crippen LogP contribution in [0.3, 0.4) is 0 Å². The van der Waals surface area contributed by atoms with Crippen molar-refractivity contribution < 1.29 is 9.52 Å². The van der Waals surface area contributed by atoms with Crippen LogP contribution in [-0.4, -0.2) is 36.2 Å². The first-order chi connectivity index (χ1) is 13.1. The van der Waals surface area contributed by atoms with Crippen LogP contribution in [0.5, 0.6) is 5.75 Å². The van der Waals surface area contributed by atoms with E-state index in [0.717, 1.165) is 55.8 Å². The molecule has 0 spiro atoms. The maximum absolute atomic E-state index is 12.0. The summed E-state index contributed by atoms with van der Waals surface area (Å²) in [5.74, 6) is 0.290. The van der Waals surface area contributed by atoms with E-state index in [0.29, 0.717) is 11.3 Å². The highest BCUT2D eigenvalue weighted by Crippen LogP contribution is 2.23. The zero-order valence-corrected chi connectivity index (χ0v) is 15.5. The minimum absolute atomic E-state index is 0.284. The molecule has 1 N–H and O–H groups in total. The van der Waals surface area contributed by atoms with Gasteiger partial charge in [0, 0.05) is 49.9 Å². The number of nitrogens with zero attached hydrogens (tertiary/aromatic N) is 2. The van der Waals surface area contributed by atoms with Gasteiger partial charge in [0.05, 0.1) is 0 Å². The number of benzene rings is 2. The molecule has 0 atom stereocenters. The fourth-order valence-electron chi connectivity index (χ4n) is 3.69. The van der Waals surface area contributed by atoms with Crippen molar-refractivity contribution >= 4 is 16.7 Å². The number of piperazine rings is 1. The summed E-state index contributed by atoms with van der Waals surface area (Å²) in [5.41, 5.74) is 3.73. The molecular weight excluding hydrogens is 340 g/mol. The highest BCUT2D eigenvalue weighted by Gasteiger charge is 2.18. The van der Waals surface area contributed by atoms with E-state index in [1.54, 1.807) is 18.2 Å². The number of aryl methyl sites for hydroxylation is 1. The standard InChI is InChI=1S/C22H24N2O3/c1-2-16-3-8-20-17(14-22(26)27-21(20)13-16)15-23-9-11-24(12-10-23)18-4-6-19(25)7-5-18/h3-8,13-14,25H,2,9-12,15H2,1H3. The van der Waals surface area contributed by atoms with Crippen LogP contribution in [0.25, 0.3) is 11.0 Å². The first-order valence-electron chi connectivity index (χ1n) is 9.44. The van der Waals surface area contributed by atoms with Gasteiger partial charge in [-0.15, -0.1) is 0 Å². The SMILES string of the molecule is CCc1ccc2c(CN3CCN(c4ccc(O)cc4)CC3)cc(=O)oc2c1. The molecule has 2 heterocycles. The van der Waals surface area contributed by atoms with Gasteiger partial charge in [-0.3, -0.25) is 4.90 Å². The summed E-state index contributed by atoms with van der Waals surface area (Å²) in [5, 5.41) is 10.5. The zero-order chi connectivity index (χ0) is 18.8. The molecule has 27 heavy (non-hydrogen) atoms. The van der Waals surface area contributed by atoms with Crippen molar-refractivity contribution in [3.05, 3.63) is 70.1 Å². The lowest BCUT2D eigenvalue weighted by molar-refractivity contribution is 0.250. The fraction of sp³-hybridized carbons (Fsp3) is 0.318. The number of phenols is 1. The van der Waals surface area contributed by atoms with Crippen LogP contribution in [0.2, 0.25) is 0 Å². The summed E-state index contributed by atoms with van der Waals surface area (Å²) >= 11 is 0. The lowest BCUT2D eigenvalue weighted by atomic mass is 10.1. The molecule has 0 amide bonds. The molecule has 0 saturated carbocycles. The van der Waals surface area contributed by atoms with Gasteiger partial charge in [0.1, 0.15) is 11.3 Å². The fourth-order valence-corrected chi connectivity index (χ4v) is 3.69. The minimum atomic E-state index is -0.284. The Bertz CT molecular complexity index is 987. The van der Waals surface area contributed by atoms with Crippen molar-refractivity contribution in [1.82, 2.24) is 4.90 Å². The molecule has 140 valence electrons. The molecule has 3 aromatic rings. The van der Waals surface area contributed by atoms with Crippen molar-refractivity contribution in [3.8, 4) is 5.75 Å². The second-order valence-corrected chi connectivity index (χ2v) is 7.05. The number of hydrogen-bond acceptors (Lipinski definition) is 5.